The molecule has 2 rings (SSSR count). The maximum atomic E-state index is 10.6. The van der Waals surface area contributed by atoms with Crippen molar-refractivity contribution in [3.63, 3.8) is 0 Å². The number of aldehydes is 1. The highest BCUT2D eigenvalue weighted by Crippen LogP contribution is 2.31. The van der Waals surface area contributed by atoms with Gasteiger partial charge in [-0.05, 0) is 37.3 Å². The first-order valence-electron chi connectivity index (χ1n) is 5.84. The number of aryl methyl sites for hydroxylation is 1. The summed E-state index contributed by atoms with van der Waals surface area (Å²) in [5.41, 5.74) is 1.79. The molecule has 1 aromatic rings. The molecule has 0 unspecified atom stereocenters. The standard InChI is InChI=1S/C13H17NOS/c1-10-6-12(8-15)7-14-13(10)16-9-11-4-2-3-5-11/h6-8,11H,2-5,9H2,1H3. The zero-order chi connectivity index (χ0) is 11.4. The van der Waals surface area contributed by atoms with Crippen LogP contribution in [0.2, 0.25) is 0 Å². The second-order valence-corrected chi connectivity index (χ2v) is 5.48. The van der Waals surface area contributed by atoms with Crippen molar-refractivity contribution in [1.29, 1.82) is 0 Å². The van der Waals surface area contributed by atoms with Gasteiger partial charge in [-0.15, -0.1) is 11.8 Å². The topological polar surface area (TPSA) is 30.0 Å². The maximum absolute atomic E-state index is 10.6. The van der Waals surface area contributed by atoms with Crippen LogP contribution in [0, 0.1) is 12.8 Å². The van der Waals surface area contributed by atoms with Crippen LogP contribution in [0.25, 0.3) is 0 Å². The molecule has 0 atom stereocenters. The molecule has 0 aromatic carbocycles. The second kappa shape index (κ2) is 5.48. The molecule has 0 radical (unpaired) electrons. The largest absolute Gasteiger partial charge is 0.298 e. The van der Waals surface area contributed by atoms with Gasteiger partial charge in [0.05, 0.1) is 5.03 Å². The Hall–Kier alpha value is -0.830. The Morgan fingerprint density at radius 1 is 1.50 bits per heavy atom. The Morgan fingerprint density at radius 2 is 2.25 bits per heavy atom. The summed E-state index contributed by atoms with van der Waals surface area (Å²) in [5, 5.41) is 1.08. The predicted octanol–water partition coefficient (Wildman–Crippen LogP) is 3.48. The highest BCUT2D eigenvalue weighted by Gasteiger charge is 2.15. The summed E-state index contributed by atoms with van der Waals surface area (Å²) < 4.78 is 0. The van der Waals surface area contributed by atoms with Crippen molar-refractivity contribution in [2.45, 2.75) is 37.6 Å². The number of nitrogens with zero attached hydrogens (tertiary/aromatic N) is 1. The molecular formula is C13H17NOS. The smallest absolute Gasteiger partial charge is 0.151 e. The first-order chi connectivity index (χ1) is 7.79. The lowest BCUT2D eigenvalue weighted by atomic mass is 10.1. The van der Waals surface area contributed by atoms with Crippen LogP contribution in [0.1, 0.15) is 41.6 Å². The minimum atomic E-state index is 0.669. The van der Waals surface area contributed by atoms with Crippen LogP contribution < -0.4 is 0 Å². The van der Waals surface area contributed by atoms with E-state index in [1.165, 1.54) is 31.4 Å². The summed E-state index contributed by atoms with van der Waals surface area (Å²) in [6, 6.07) is 1.91. The first-order valence-corrected chi connectivity index (χ1v) is 6.83. The van der Waals surface area contributed by atoms with Crippen molar-refractivity contribution in [2.75, 3.05) is 5.75 Å². The van der Waals surface area contributed by atoms with Gasteiger partial charge in [0.1, 0.15) is 0 Å². The SMILES string of the molecule is Cc1cc(C=O)cnc1SCC1CCCC1. The van der Waals surface area contributed by atoms with E-state index < -0.39 is 0 Å². The van der Waals surface area contributed by atoms with Crippen molar-refractivity contribution in [2.24, 2.45) is 5.92 Å². The third kappa shape index (κ3) is 2.85. The third-order valence-corrected chi connectivity index (χ3v) is 4.46. The zero-order valence-electron chi connectivity index (χ0n) is 9.61. The van der Waals surface area contributed by atoms with Gasteiger partial charge in [-0.1, -0.05) is 12.8 Å². The van der Waals surface area contributed by atoms with Crippen LogP contribution in [0.15, 0.2) is 17.3 Å². The number of carbonyl (C=O) groups excluding carboxylic acids is 1. The maximum Gasteiger partial charge on any atom is 0.151 e. The molecule has 1 heterocycles. The van der Waals surface area contributed by atoms with Gasteiger partial charge >= 0.3 is 0 Å². The number of rotatable bonds is 4. The average molecular weight is 235 g/mol. The summed E-state index contributed by atoms with van der Waals surface area (Å²) in [7, 11) is 0. The molecule has 0 aliphatic heterocycles. The quantitative estimate of drug-likeness (QED) is 0.591. The van der Waals surface area contributed by atoms with Gasteiger partial charge in [0, 0.05) is 17.5 Å². The predicted molar refractivity (Wildman–Crippen MR) is 67.0 cm³/mol. The molecule has 1 aliphatic rings. The van der Waals surface area contributed by atoms with Crippen LogP contribution in [0.5, 0.6) is 0 Å². The molecule has 2 nitrogen and oxygen atoms in total. The van der Waals surface area contributed by atoms with Gasteiger partial charge in [-0.3, -0.25) is 4.79 Å². The molecule has 1 aromatic heterocycles. The molecule has 1 fully saturated rings. The summed E-state index contributed by atoms with van der Waals surface area (Å²) in [4.78, 5) is 14.9. The van der Waals surface area contributed by atoms with E-state index in [9.17, 15) is 4.79 Å². The number of thioether (sulfide) groups is 1. The minimum Gasteiger partial charge on any atom is -0.298 e. The first kappa shape index (κ1) is 11.6. The van der Waals surface area contributed by atoms with Crippen LogP contribution >= 0.6 is 11.8 Å². The molecule has 3 heteroatoms. The van der Waals surface area contributed by atoms with E-state index in [4.69, 9.17) is 0 Å². The van der Waals surface area contributed by atoms with E-state index in [2.05, 4.69) is 4.98 Å². The highest BCUT2D eigenvalue weighted by molar-refractivity contribution is 7.99. The normalized spacial score (nSPS) is 16.6. The van der Waals surface area contributed by atoms with Gasteiger partial charge in [-0.2, -0.15) is 0 Å². The zero-order valence-corrected chi connectivity index (χ0v) is 10.4. The number of carbonyl (C=O) groups is 1. The van der Waals surface area contributed by atoms with Crippen molar-refractivity contribution in [3.8, 4) is 0 Å². The summed E-state index contributed by atoms with van der Waals surface area (Å²) >= 11 is 1.84. The molecule has 1 saturated carbocycles. The molecule has 0 bridgehead atoms. The van der Waals surface area contributed by atoms with Crippen molar-refractivity contribution >= 4 is 18.0 Å². The summed E-state index contributed by atoms with van der Waals surface area (Å²) in [6.07, 6.45) is 8.04. The van der Waals surface area contributed by atoms with E-state index in [1.54, 1.807) is 6.20 Å². The molecule has 1 aliphatic carbocycles. The molecule has 86 valence electrons. The second-order valence-electron chi connectivity index (χ2n) is 4.47. The molecule has 0 amide bonds. The fourth-order valence-electron chi connectivity index (χ4n) is 2.17. The Morgan fingerprint density at radius 3 is 2.88 bits per heavy atom. The van der Waals surface area contributed by atoms with E-state index in [1.807, 2.05) is 24.8 Å². The van der Waals surface area contributed by atoms with E-state index >= 15 is 0 Å². The Kier molecular flexibility index (Phi) is 3.99. The molecule has 0 N–H and O–H groups in total. The molecule has 0 saturated heterocycles. The minimum absolute atomic E-state index is 0.669. The van der Waals surface area contributed by atoms with Crippen LogP contribution in [0.3, 0.4) is 0 Å². The third-order valence-electron chi connectivity index (χ3n) is 3.12. The van der Waals surface area contributed by atoms with Crippen LogP contribution in [-0.2, 0) is 0 Å². The van der Waals surface area contributed by atoms with Crippen molar-refractivity contribution in [1.82, 2.24) is 4.98 Å². The van der Waals surface area contributed by atoms with Crippen molar-refractivity contribution < 1.29 is 4.79 Å². The average Bonchev–Trinajstić information content (AvgIpc) is 2.80. The molecule has 0 spiro atoms. The Bertz CT molecular complexity index is 372. The lowest BCUT2D eigenvalue weighted by molar-refractivity contribution is 0.112. The van der Waals surface area contributed by atoms with E-state index in [0.29, 0.717) is 5.56 Å². The number of pyridine rings is 1. The fraction of sp³-hybridized carbons (Fsp3) is 0.538. The van der Waals surface area contributed by atoms with Crippen molar-refractivity contribution in [3.05, 3.63) is 23.4 Å². The number of hydrogen-bond acceptors (Lipinski definition) is 3. The lowest BCUT2D eigenvalue weighted by Gasteiger charge is -2.09. The molecular weight excluding hydrogens is 218 g/mol. The summed E-state index contributed by atoms with van der Waals surface area (Å²) in [5.74, 6) is 2.05. The number of aromatic nitrogens is 1. The Labute approximate surface area is 101 Å². The summed E-state index contributed by atoms with van der Waals surface area (Å²) in [6.45, 7) is 2.02. The van der Waals surface area contributed by atoms with Gasteiger partial charge in [-0.25, -0.2) is 4.98 Å². The van der Waals surface area contributed by atoms with Crippen LogP contribution in [-0.4, -0.2) is 17.0 Å². The van der Waals surface area contributed by atoms with Gasteiger partial charge in [0.25, 0.3) is 0 Å². The number of hydrogen-bond donors (Lipinski definition) is 0. The monoisotopic (exact) mass is 235 g/mol. The lowest BCUT2D eigenvalue weighted by Crippen LogP contribution is -1.98. The van der Waals surface area contributed by atoms with Gasteiger partial charge < -0.3 is 0 Å². The Balaban J connectivity index is 1.95. The van der Waals surface area contributed by atoms with Gasteiger partial charge in [0.2, 0.25) is 0 Å². The molecule has 16 heavy (non-hydrogen) atoms. The van der Waals surface area contributed by atoms with E-state index in [-0.39, 0.29) is 0 Å². The van der Waals surface area contributed by atoms with Crippen LogP contribution in [0.4, 0.5) is 0 Å². The van der Waals surface area contributed by atoms with Gasteiger partial charge in [0.15, 0.2) is 6.29 Å². The fourth-order valence-corrected chi connectivity index (χ4v) is 3.31. The highest BCUT2D eigenvalue weighted by atomic mass is 32.2. The van der Waals surface area contributed by atoms with E-state index in [0.717, 1.165) is 22.8 Å².